The highest BCUT2D eigenvalue weighted by Gasteiger charge is 2.25. The predicted octanol–water partition coefficient (Wildman–Crippen LogP) is 8.82. The molecule has 4 rings (SSSR count). The van der Waals surface area contributed by atoms with Crippen LogP contribution in [-0.2, 0) is 9.59 Å². The zero-order chi connectivity index (χ0) is 32.6. The lowest BCUT2D eigenvalue weighted by molar-refractivity contribution is -0.143. The third-order valence-electron chi connectivity index (χ3n) is 7.89. The van der Waals surface area contributed by atoms with Crippen molar-refractivity contribution in [2.45, 2.75) is 74.1 Å². The van der Waals surface area contributed by atoms with Crippen LogP contribution in [0.4, 0.5) is 0 Å². The summed E-state index contributed by atoms with van der Waals surface area (Å²) in [4.78, 5) is 27.5. The smallest absolute Gasteiger partial charge is 0.316 e. The van der Waals surface area contributed by atoms with E-state index in [-0.39, 0.29) is 11.9 Å². The molecule has 1 heterocycles. The predicted molar refractivity (Wildman–Crippen MR) is 181 cm³/mol. The van der Waals surface area contributed by atoms with Gasteiger partial charge in [0.05, 0.1) is 10.8 Å². The van der Waals surface area contributed by atoms with Gasteiger partial charge in [0.2, 0.25) is 0 Å². The highest BCUT2D eigenvalue weighted by atomic mass is 16.5. The third-order valence-corrected chi connectivity index (χ3v) is 7.89. The molecule has 0 atom stereocenters. The Hall–Kier alpha value is -3.90. The van der Waals surface area contributed by atoms with E-state index in [0.717, 1.165) is 59.6 Å². The molecule has 1 aliphatic rings. The molecule has 0 bridgehead atoms. The molecule has 0 aromatic heterocycles. The minimum Gasteiger partial charge on any atom is -0.492 e. The third kappa shape index (κ3) is 9.54. The van der Waals surface area contributed by atoms with Crippen molar-refractivity contribution in [1.29, 1.82) is 0 Å². The van der Waals surface area contributed by atoms with Gasteiger partial charge in [0.15, 0.2) is 0 Å². The number of likely N-dealkylation sites (tertiary alicyclic amines) is 1. The fourth-order valence-electron chi connectivity index (χ4n) is 5.19. The molecule has 0 unspecified atom stereocenters. The lowest BCUT2D eigenvalue weighted by Gasteiger charge is -2.26. The van der Waals surface area contributed by atoms with Crippen LogP contribution in [0.15, 0.2) is 72.8 Å². The fourth-order valence-corrected chi connectivity index (χ4v) is 5.19. The number of carbonyl (C=O) groups is 2. The average Bonchev–Trinajstić information content (AvgIpc) is 3.00. The molecule has 3 aromatic rings. The Morgan fingerprint density at radius 3 is 1.64 bits per heavy atom. The number of ether oxygens (including phenoxy) is 3. The summed E-state index contributed by atoms with van der Waals surface area (Å²) in [7, 11) is 0. The van der Waals surface area contributed by atoms with Gasteiger partial charge in [-0.1, -0.05) is 49.7 Å². The summed E-state index contributed by atoms with van der Waals surface area (Å²) in [6, 6.07) is 23.6. The summed E-state index contributed by atoms with van der Waals surface area (Å²) >= 11 is 0. The van der Waals surface area contributed by atoms with Gasteiger partial charge in [0.25, 0.3) is 0 Å². The quantitative estimate of drug-likeness (QED) is 0.130. The number of hydrogen-bond donors (Lipinski definition) is 0. The van der Waals surface area contributed by atoms with E-state index in [0.29, 0.717) is 18.1 Å². The van der Waals surface area contributed by atoms with Gasteiger partial charge in [-0.2, -0.15) is 0 Å². The van der Waals surface area contributed by atoms with Crippen LogP contribution in [-0.4, -0.2) is 43.1 Å². The molecule has 0 radical (unpaired) electrons. The van der Waals surface area contributed by atoms with Crippen LogP contribution in [0.25, 0.3) is 11.1 Å². The monoisotopic (exact) mass is 611 g/mol. The molecule has 6 heteroatoms. The van der Waals surface area contributed by atoms with E-state index in [1.54, 1.807) is 0 Å². The van der Waals surface area contributed by atoms with Gasteiger partial charge in [-0.15, -0.1) is 0 Å². The maximum absolute atomic E-state index is 12.5. The van der Waals surface area contributed by atoms with Gasteiger partial charge in [-0.3, -0.25) is 14.5 Å². The summed E-state index contributed by atoms with van der Waals surface area (Å²) < 4.78 is 17.5. The van der Waals surface area contributed by atoms with Crippen LogP contribution in [0.1, 0.15) is 90.8 Å². The molecule has 0 N–H and O–H groups in total. The Bertz CT molecular complexity index is 1390. The normalized spacial score (nSPS) is 14.0. The van der Waals surface area contributed by atoms with E-state index in [1.807, 2.05) is 102 Å². The van der Waals surface area contributed by atoms with Crippen LogP contribution in [0.5, 0.6) is 17.2 Å². The zero-order valence-corrected chi connectivity index (χ0v) is 28.1. The van der Waals surface area contributed by atoms with Crippen molar-refractivity contribution < 1.29 is 23.8 Å². The number of hydrogen-bond acceptors (Lipinski definition) is 6. The lowest BCUT2D eigenvalue weighted by Crippen LogP contribution is -2.33. The number of nitrogens with zero attached hydrogens (tertiary/aromatic N) is 1. The summed E-state index contributed by atoms with van der Waals surface area (Å²) in [6.07, 6.45) is 4.63. The topological polar surface area (TPSA) is 65.1 Å². The molecule has 3 aromatic carbocycles. The molecular formula is C39H49NO5. The number of esters is 2. The van der Waals surface area contributed by atoms with E-state index in [2.05, 4.69) is 24.0 Å². The molecule has 1 aliphatic heterocycles. The minimum atomic E-state index is -0.599. The second-order valence-corrected chi connectivity index (χ2v) is 13.8. The molecule has 0 amide bonds. The van der Waals surface area contributed by atoms with Crippen molar-refractivity contribution in [2.75, 3.05) is 26.2 Å². The van der Waals surface area contributed by atoms with Crippen LogP contribution in [0, 0.1) is 10.8 Å². The first-order valence-electron chi connectivity index (χ1n) is 16.2. The molecule has 0 saturated carbocycles. The van der Waals surface area contributed by atoms with Gasteiger partial charge >= 0.3 is 11.9 Å². The van der Waals surface area contributed by atoms with Gasteiger partial charge in [-0.05, 0) is 138 Å². The fraction of sp³-hybridized carbons (Fsp3) is 0.436. The SMILES string of the molecule is CCC(=C(c1ccc(OC(=O)C(C)(C)C)cc1)c1ccc(OC(=O)C(C)(C)C)cc1)c1cccc(OCCN2CCCCC2)c1. The van der Waals surface area contributed by atoms with Crippen molar-refractivity contribution in [3.8, 4) is 17.2 Å². The Morgan fingerprint density at radius 1 is 0.667 bits per heavy atom. The van der Waals surface area contributed by atoms with E-state index in [9.17, 15) is 9.59 Å². The maximum Gasteiger partial charge on any atom is 0.316 e. The van der Waals surface area contributed by atoms with E-state index < -0.39 is 10.8 Å². The first-order chi connectivity index (χ1) is 21.3. The van der Waals surface area contributed by atoms with Crippen molar-refractivity contribution in [3.05, 3.63) is 89.5 Å². The Kier molecular flexibility index (Phi) is 11.3. The van der Waals surface area contributed by atoms with Gasteiger partial charge in [0.1, 0.15) is 23.9 Å². The van der Waals surface area contributed by atoms with Crippen LogP contribution in [0.2, 0.25) is 0 Å². The summed E-state index contributed by atoms with van der Waals surface area (Å²) in [6.45, 7) is 17.1. The largest absolute Gasteiger partial charge is 0.492 e. The van der Waals surface area contributed by atoms with Crippen LogP contribution < -0.4 is 14.2 Å². The lowest BCUT2D eigenvalue weighted by atomic mass is 9.88. The first kappa shape index (κ1) is 34.0. The molecule has 1 saturated heterocycles. The maximum atomic E-state index is 12.5. The Morgan fingerprint density at radius 2 is 1.18 bits per heavy atom. The number of benzene rings is 3. The summed E-state index contributed by atoms with van der Waals surface area (Å²) in [5.74, 6) is 1.30. The number of allylic oxidation sites excluding steroid dienone is 1. The minimum absolute atomic E-state index is 0.280. The van der Waals surface area contributed by atoms with Crippen molar-refractivity contribution in [2.24, 2.45) is 10.8 Å². The van der Waals surface area contributed by atoms with E-state index >= 15 is 0 Å². The van der Waals surface area contributed by atoms with Crippen LogP contribution in [0.3, 0.4) is 0 Å². The molecule has 0 spiro atoms. The number of piperidine rings is 1. The second-order valence-electron chi connectivity index (χ2n) is 13.8. The van der Waals surface area contributed by atoms with E-state index in [4.69, 9.17) is 14.2 Å². The Labute approximate surface area is 269 Å². The molecule has 45 heavy (non-hydrogen) atoms. The molecule has 0 aliphatic carbocycles. The standard InChI is InChI=1S/C39H49NO5/c1-8-34(30-13-12-14-33(27-30)43-26-25-40-23-10-9-11-24-40)35(28-15-19-31(20-16-28)44-36(41)38(2,3)4)29-17-21-32(22-18-29)45-37(42)39(5,6)7/h12-22,27H,8-11,23-26H2,1-7H3. The number of carbonyl (C=O) groups excluding carboxylic acids is 2. The van der Waals surface area contributed by atoms with Gasteiger partial charge in [-0.25, -0.2) is 0 Å². The highest BCUT2D eigenvalue weighted by Crippen LogP contribution is 2.37. The molecule has 6 nitrogen and oxygen atoms in total. The molecular weight excluding hydrogens is 562 g/mol. The first-order valence-corrected chi connectivity index (χ1v) is 16.2. The zero-order valence-electron chi connectivity index (χ0n) is 28.1. The van der Waals surface area contributed by atoms with E-state index in [1.165, 1.54) is 19.3 Å². The molecule has 1 fully saturated rings. The highest BCUT2D eigenvalue weighted by molar-refractivity contribution is 5.99. The van der Waals surface area contributed by atoms with Crippen LogP contribution >= 0.6 is 0 Å². The van der Waals surface area contributed by atoms with Gasteiger partial charge in [0, 0.05) is 6.54 Å². The van der Waals surface area contributed by atoms with Gasteiger partial charge < -0.3 is 14.2 Å². The summed E-state index contributed by atoms with van der Waals surface area (Å²) in [5, 5.41) is 0. The number of rotatable bonds is 10. The second kappa shape index (κ2) is 14.9. The summed E-state index contributed by atoms with van der Waals surface area (Å²) in [5.41, 5.74) is 4.04. The van der Waals surface area contributed by atoms with Crippen molar-refractivity contribution in [3.63, 3.8) is 0 Å². The average molecular weight is 612 g/mol. The molecule has 240 valence electrons. The van der Waals surface area contributed by atoms with Crippen molar-refractivity contribution >= 4 is 23.1 Å². The van der Waals surface area contributed by atoms with Crippen molar-refractivity contribution in [1.82, 2.24) is 4.90 Å². The Balaban J connectivity index is 1.68.